The van der Waals surface area contributed by atoms with Crippen molar-refractivity contribution in [2.75, 3.05) is 0 Å². The van der Waals surface area contributed by atoms with Gasteiger partial charge in [-0.05, 0) is 56.8 Å². The topological polar surface area (TPSA) is 143 Å². The molecule has 0 aliphatic carbocycles. The van der Waals surface area contributed by atoms with Gasteiger partial charge in [0.2, 0.25) is 0 Å². The summed E-state index contributed by atoms with van der Waals surface area (Å²) in [7, 11) is 0. The molecular weight excluding hydrogens is 336 g/mol. The van der Waals surface area contributed by atoms with Crippen molar-refractivity contribution in [2.24, 2.45) is 17.3 Å². The van der Waals surface area contributed by atoms with Crippen LogP contribution in [0.25, 0.3) is 0 Å². The minimum Gasteiger partial charge on any atom is -0.198 e. The number of nitriles is 6. The molecule has 0 atom stereocenters. The predicted molar refractivity (Wildman–Crippen MR) is 98.5 cm³/mol. The summed E-state index contributed by atoms with van der Waals surface area (Å²) in [4.78, 5) is 0. The van der Waals surface area contributed by atoms with Crippen molar-refractivity contribution in [1.29, 1.82) is 31.6 Å². The summed E-state index contributed by atoms with van der Waals surface area (Å²) < 4.78 is 0. The lowest BCUT2D eigenvalue weighted by atomic mass is 9.68. The predicted octanol–water partition coefficient (Wildman–Crippen LogP) is 5.03. The van der Waals surface area contributed by atoms with Gasteiger partial charge in [-0.3, -0.25) is 0 Å². The lowest BCUT2D eigenvalue weighted by molar-refractivity contribution is 0.196. The maximum absolute atomic E-state index is 9.98. The molecule has 0 spiro atoms. The summed E-state index contributed by atoms with van der Waals surface area (Å²) >= 11 is 0. The van der Waals surface area contributed by atoms with E-state index in [1.807, 2.05) is 0 Å². The van der Waals surface area contributed by atoms with Crippen LogP contribution in [0, 0.1) is 85.2 Å². The second-order valence-corrected chi connectivity index (χ2v) is 6.98. The van der Waals surface area contributed by atoms with Crippen LogP contribution < -0.4 is 0 Å². The van der Waals surface area contributed by atoms with Gasteiger partial charge in [0.1, 0.15) is 0 Å². The van der Waals surface area contributed by atoms with Crippen LogP contribution in [0.5, 0.6) is 0 Å². The first-order valence-corrected chi connectivity index (χ1v) is 9.37. The first-order chi connectivity index (χ1) is 13.1. The number of rotatable bonds is 14. The smallest absolute Gasteiger partial charge is 0.0690 e. The Bertz CT molecular complexity index is 592. The molecule has 0 saturated heterocycles. The van der Waals surface area contributed by atoms with E-state index in [2.05, 4.69) is 36.4 Å². The Morgan fingerprint density at radius 3 is 1.11 bits per heavy atom. The highest BCUT2D eigenvalue weighted by Crippen LogP contribution is 2.42. The number of nitrogens with zero attached hydrogens (tertiary/aromatic N) is 6. The van der Waals surface area contributed by atoms with E-state index in [-0.39, 0.29) is 18.3 Å². The van der Waals surface area contributed by atoms with Gasteiger partial charge in [-0.1, -0.05) is 0 Å². The Balaban J connectivity index is 5.45. The third-order valence-electron chi connectivity index (χ3n) is 4.97. The molecule has 140 valence electrons. The largest absolute Gasteiger partial charge is 0.198 e. The van der Waals surface area contributed by atoms with Gasteiger partial charge in [-0.2, -0.15) is 31.6 Å². The van der Waals surface area contributed by atoms with E-state index >= 15 is 0 Å². The molecule has 6 heteroatoms. The molecule has 0 rings (SSSR count). The fraction of sp³-hybridized carbons (Fsp3) is 0.714. The summed E-state index contributed by atoms with van der Waals surface area (Å²) in [6.45, 7) is 0. The summed E-state index contributed by atoms with van der Waals surface area (Å²) in [5.41, 5.74) is -0.721. The van der Waals surface area contributed by atoms with Crippen LogP contribution in [-0.2, 0) is 0 Å². The van der Waals surface area contributed by atoms with Gasteiger partial charge in [0.25, 0.3) is 0 Å². The SMILES string of the molecule is N#CCCC(CCC#N)CC(C#N)(CCC#N)CC(CCC#N)CCC#N. The molecule has 0 aliphatic rings. The second kappa shape index (κ2) is 15.2. The van der Waals surface area contributed by atoms with Crippen molar-refractivity contribution in [3.8, 4) is 36.4 Å². The average molecular weight is 362 g/mol. The molecule has 0 bridgehead atoms. The molecule has 27 heavy (non-hydrogen) atoms. The molecule has 6 nitrogen and oxygen atoms in total. The summed E-state index contributed by atoms with van der Waals surface area (Å²) in [5, 5.41) is 54.6. The third kappa shape index (κ3) is 10.5. The van der Waals surface area contributed by atoms with E-state index in [4.69, 9.17) is 26.3 Å². The van der Waals surface area contributed by atoms with E-state index in [0.29, 0.717) is 70.6 Å². The van der Waals surface area contributed by atoms with E-state index in [9.17, 15) is 5.26 Å². The Morgan fingerprint density at radius 2 is 0.852 bits per heavy atom. The fourth-order valence-corrected chi connectivity index (χ4v) is 3.61. The van der Waals surface area contributed by atoms with Gasteiger partial charge in [-0.15, -0.1) is 0 Å². The van der Waals surface area contributed by atoms with Gasteiger partial charge >= 0.3 is 0 Å². The maximum atomic E-state index is 9.98. The van der Waals surface area contributed by atoms with E-state index in [1.165, 1.54) is 0 Å². The molecule has 0 unspecified atom stereocenters. The van der Waals surface area contributed by atoms with Gasteiger partial charge < -0.3 is 0 Å². The highest BCUT2D eigenvalue weighted by atomic mass is 14.4. The van der Waals surface area contributed by atoms with E-state index in [1.54, 1.807) is 0 Å². The second-order valence-electron chi connectivity index (χ2n) is 6.98. The highest BCUT2D eigenvalue weighted by molar-refractivity contribution is 5.03. The molecule has 0 fully saturated rings. The summed E-state index contributed by atoms with van der Waals surface area (Å²) in [5.74, 6) is 0.158. The van der Waals surface area contributed by atoms with Crippen molar-refractivity contribution >= 4 is 0 Å². The van der Waals surface area contributed by atoms with Crippen molar-refractivity contribution in [1.82, 2.24) is 0 Å². The van der Waals surface area contributed by atoms with Crippen LogP contribution in [0.15, 0.2) is 0 Å². The van der Waals surface area contributed by atoms with E-state index in [0.717, 1.165) is 0 Å². The number of hydrogen-bond donors (Lipinski definition) is 0. The molecule has 0 heterocycles. The van der Waals surface area contributed by atoms with Crippen LogP contribution >= 0.6 is 0 Å². The molecule has 0 aliphatic heterocycles. The number of hydrogen-bond acceptors (Lipinski definition) is 6. The summed E-state index contributed by atoms with van der Waals surface area (Å²) in [6.07, 6.45) is 5.84. The molecule has 0 aromatic rings. The van der Waals surface area contributed by atoms with Crippen LogP contribution in [-0.4, -0.2) is 0 Å². The molecule has 0 saturated carbocycles. The van der Waals surface area contributed by atoms with Crippen molar-refractivity contribution in [2.45, 2.75) is 77.0 Å². The molecule has 0 radical (unpaired) electrons. The van der Waals surface area contributed by atoms with Gasteiger partial charge in [0, 0.05) is 32.1 Å². The Kier molecular flexibility index (Phi) is 13.5. The Labute approximate surface area is 162 Å². The van der Waals surface area contributed by atoms with Crippen molar-refractivity contribution < 1.29 is 0 Å². The van der Waals surface area contributed by atoms with Gasteiger partial charge in [0.15, 0.2) is 0 Å². The minimum atomic E-state index is -0.721. The first kappa shape index (κ1) is 23.9. The lowest BCUT2D eigenvalue weighted by Gasteiger charge is -2.33. The Hall–Kier alpha value is -3.06. The van der Waals surface area contributed by atoms with Crippen LogP contribution in [0.2, 0.25) is 0 Å². The first-order valence-electron chi connectivity index (χ1n) is 9.37. The summed E-state index contributed by atoms with van der Waals surface area (Å²) in [6, 6.07) is 13.1. The molecule has 0 N–H and O–H groups in total. The zero-order valence-corrected chi connectivity index (χ0v) is 15.8. The van der Waals surface area contributed by atoms with Gasteiger partial charge in [0.05, 0.1) is 41.8 Å². The third-order valence-corrected chi connectivity index (χ3v) is 4.97. The van der Waals surface area contributed by atoms with Crippen molar-refractivity contribution in [3.63, 3.8) is 0 Å². The average Bonchev–Trinajstić information content (AvgIpc) is 2.69. The molecule has 0 aromatic carbocycles. The van der Waals surface area contributed by atoms with Crippen molar-refractivity contribution in [3.05, 3.63) is 0 Å². The fourth-order valence-electron chi connectivity index (χ4n) is 3.61. The van der Waals surface area contributed by atoms with Crippen LogP contribution in [0.3, 0.4) is 0 Å². The van der Waals surface area contributed by atoms with Crippen LogP contribution in [0.4, 0.5) is 0 Å². The molecular formula is C21H26N6. The maximum Gasteiger partial charge on any atom is 0.0690 e. The molecule has 0 aromatic heterocycles. The Morgan fingerprint density at radius 1 is 0.519 bits per heavy atom. The quantitative estimate of drug-likeness (QED) is 0.424. The highest BCUT2D eigenvalue weighted by Gasteiger charge is 2.35. The molecule has 0 amide bonds. The zero-order valence-electron chi connectivity index (χ0n) is 15.8. The normalized spacial score (nSPS) is 10.2. The monoisotopic (exact) mass is 362 g/mol. The standard InChI is InChI=1S/C21H26N6/c22-11-1-6-19(7-2-12-23)16-21(18-27,10-5-15-26)17-20(8-3-13-24)9-4-14-25/h19-20H,1-10,16-17H2. The minimum absolute atomic E-state index is 0.0789. The zero-order chi connectivity index (χ0) is 20.4. The van der Waals surface area contributed by atoms with Gasteiger partial charge in [-0.25, -0.2) is 0 Å². The van der Waals surface area contributed by atoms with Crippen LogP contribution in [0.1, 0.15) is 77.0 Å². The van der Waals surface area contributed by atoms with E-state index < -0.39 is 5.41 Å². The lowest BCUT2D eigenvalue weighted by Crippen LogP contribution is -2.26.